The second-order valence-corrected chi connectivity index (χ2v) is 12.3. The molecule has 1 aliphatic carbocycles. The summed E-state index contributed by atoms with van der Waals surface area (Å²) < 4.78 is 29.0. The van der Waals surface area contributed by atoms with Crippen molar-refractivity contribution >= 4 is 24.2 Å². The van der Waals surface area contributed by atoms with Gasteiger partial charge in [-0.1, -0.05) is 47.0 Å². The maximum atomic E-state index is 15.4. The van der Waals surface area contributed by atoms with Crippen LogP contribution in [0.1, 0.15) is 110 Å². The molecule has 0 atom stereocenters. The summed E-state index contributed by atoms with van der Waals surface area (Å²) in [6.07, 6.45) is 11.2. The Balaban J connectivity index is 2.17. The van der Waals surface area contributed by atoms with Crippen molar-refractivity contribution < 1.29 is 18.7 Å². The van der Waals surface area contributed by atoms with Gasteiger partial charge in [0.1, 0.15) is 5.82 Å². The number of pyridine rings is 1. The number of aromatic nitrogens is 1. The summed E-state index contributed by atoms with van der Waals surface area (Å²) >= 11 is 0. The number of nitrogens with zero attached hydrogens (tertiary/aromatic N) is 1. The lowest BCUT2D eigenvalue weighted by Crippen LogP contribution is -2.33. The Morgan fingerprint density at radius 1 is 1.11 bits per heavy atom. The Morgan fingerprint density at radius 3 is 2.31 bits per heavy atom. The molecule has 6 nitrogen and oxygen atoms in total. The molecule has 3 rings (SSSR count). The molecule has 1 aliphatic rings. The van der Waals surface area contributed by atoms with Crippen LogP contribution in [-0.2, 0) is 9.98 Å². The van der Waals surface area contributed by atoms with Crippen LogP contribution in [0.2, 0.25) is 0 Å². The highest BCUT2D eigenvalue weighted by Crippen LogP contribution is 2.41. The molecule has 3 N–H and O–H groups in total. The van der Waals surface area contributed by atoms with E-state index < -0.39 is 18.8 Å². The first-order valence-corrected chi connectivity index (χ1v) is 15.6. The zero-order valence-electron chi connectivity index (χ0n) is 22.4. The minimum atomic E-state index is -4.12. The second-order valence-electron chi connectivity index (χ2n) is 10.6. The molecule has 202 valence electrons. The number of nitrogens with one attached hydrogen (secondary N) is 1. The van der Waals surface area contributed by atoms with Crippen LogP contribution in [0.25, 0.3) is 10.9 Å². The number of hydrogen-bond donors (Lipinski definition) is 3. The zero-order chi connectivity index (χ0) is 26.5. The van der Waals surface area contributed by atoms with E-state index in [2.05, 4.69) is 23.7 Å². The van der Waals surface area contributed by atoms with E-state index in [4.69, 9.17) is 0 Å². The molecule has 36 heavy (non-hydrogen) atoms. The van der Waals surface area contributed by atoms with Crippen molar-refractivity contribution in [3.8, 4) is 0 Å². The van der Waals surface area contributed by atoms with E-state index in [1.54, 1.807) is 0 Å². The Labute approximate surface area is 214 Å². The van der Waals surface area contributed by atoms with Crippen LogP contribution in [0.4, 0.5) is 10.1 Å². The molecule has 1 fully saturated rings. The lowest BCUT2D eigenvalue weighted by atomic mass is 9.72. The van der Waals surface area contributed by atoms with Crippen LogP contribution >= 0.6 is 7.60 Å². The SMILES string of the molecule is CCC(CC)n1cc(C(CC)(CC)CCCP(=O)(O)O)c(=O)c2cc(F)c(NC3CCCCC3)cc21. The molecule has 0 amide bonds. The third-order valence-electron chi connectivity index (χ3n) is 8.45. The van der Waals surface area contributed by atoms with Gasteiger partial charge in [0, 0.05) is 40.8 Å². The van der Waals surface area contributed by atoms with E-state index in [0.29, 0.717) is 42.3 Å². The molecule has 0 unspecified atom stereocenters. The van der Waals surface area contributed by atoms with Crippen LogP contribution in [0.5, 0.6) is 0 Å². The smallest absolute Gasteiger partial charge is 0.325 e. The van der Waals surface area contributed by atoms with E-state index in [9.17, 15) is 19.1 Å². The molecule has 1 aromatic heterocycles. The van der Waals surface area contributed by atoms with Crippen molar-refractivity contribution in [1.82, 2.24) is 4.57 Å². The minimum absolute atomic E-state index is 0.154. The number of anilines is 1. The van der Waals surface area contributed by atoms with Gasteiger partial charge in [0.15, 0.2) is 5.43 Å². The number of hydrogen-bond acceptors (Lipinski definition) is 3. The molecular formula is C28H44FN2O4P. The first kappa shape index (κ1) is 28.9. The highest BCUT2D eigenvalue weighted by Gasteiger charge is 2.33. The van der Waals surface area contributed by atoms with E-state index in [1.165, 1.54) is 12.5 Å². The van der Waals surface area contributed by atoms with E-state index in [-0.39, 0.29) is 23.7 Å². The standard InChI is InChI=1S/C28H44FN2O4P/c1-5-21(6-2)31-19-23(28(7-3,8-4)15-12-16-36(33,34)35)27(32)22-17-24(29)25(18-26(22)31)30-20-13-10-9-11-14-20/h17-21,30H,5-16H2,1-4H3,(H2,33,34,35). The van der Waals surface area contributed by atoms with Gasteiger partial charge < -0.3 is 19.7 Å². The van der Waals surface area contributed by atoms with Crippen LogP contribution in [0.3, 0.4) is 0 Å². The van der Waals surface area contributed by atoms with Gasteiger partial charge in [0.2, 0.25) is 0 Å². The molecule has 0 spiro atoms. The van der Waals surface area contributed by atoms with Crippen molar-refractivity contribution in [2.75, 3.05) is 11.5 Å². The predicted octanol–water partition coefficient (Wildman–Crippen LogP) is 7.26. The molecule has 2 aromatic rings. The number of fused-ring (bicyclic) bond motifs is 1. The van der Waals surface area contributed by atoms with Gasteiger partial charge in [-0.3, -0.25) is 9.36 Å². The summed E-state index contributed by atoms with van der Waals surface area (Å²) in [7, 11) is -4.12. The quantitative estimate of drug-likeness (QED) is 0.255. The molecule has 1 aromatic carbocycles. The van der Waals surface area contributed by atoms with Gasteiger partial charge in [-0.05, 0) is 63.5 Å². The van der Waals surface area contributed by atoms with Crippen LogP contribution < -0.4 is 10.7 Å². The number of rotatable bonds is 12. The van der Waals surface area contributed by atoms with E-state index in [1.807, 2.05) is 26.1 Å². The van der Waals surface area contributed by atoms with E-state index >= 15 is 4.39 Å². The highest BCUT2D eigenvalue weighted by molar-refractivity contribution is 7.51. The molecule has 0 saturated heterocycles. The van der Waals surface area contributed by atoms with Crippen molar-refractivity contribution in [2.24, 2.45) is 0 Å². The fourth-order valence-corrected chi connectivity index (χ4v) is 6.62. The molecule has 1 heterocycles. The number of benzene rings is 1. The topological polar surface area (TPSA) is 91.6 Å². The Kier molecular flexibility index (Phi) is 9.81. The Bertz CT molecular complexity index is 1130. The molecule has 0 bridgehead atoms. The predicted molar refractivity (Wildman–Crippen MR) is 147 cm³/mol. The highest BCUT2D eigenvalue weighted by atomic mass is 31.2. The van der Waals surface area contributed by atoms with Gasteiger partial charge in [0.05, 0.1) is 11.2 Å². The first-order chi connectivity index (χ1) is 17.1. The summed E-state index contributed by atoms with van der Waals surface area (Å²) in [6, 6.07) is 3.62. The summed E-state index contributed by atoms with van der Waals surface area (Å²) in [5.41, 5.74) is 1.14. The van der Waals surface area contributed by atoms with Gasteiger partial charge >= 0.3 is 7.60 Å². The maximum absolute atomic E-state index is 15.4. The molecular weight excluding hydrogens is 478 g/mol. The largest absolute Gasteiger partial charge is 0.380 e. The second kappa shape index (κ2) is 12.2. The van der Waals surface area contributed by atoms with Gasteiger partial charge in [0.25, 0.3) is 0 Å². The number of halogens is 1. The summed E-state index contributed by atoms with van der Waals surface area (Å²) in [6.45, 7) is 8.28. The summed E-state index contributed by atoms with van der Waals surface area (Å²) in [4.78, 5) is 32.7. The average molecular weight is 523 g/mol. The first-order valence-electron chi connectivity index (χ1n) is 13.8. The van der Waals surface area contributed by atoms with Gasteiger partial charge in [-0.15, -0.1) is 0 Å². The van der Waals surface area contributed by atoms with Crippen molar-refractivity contribution in [2.45, 2.75) is 116 Å². The lowest BCUT2D eigenvalue weighted by molar-refractivity contribution is 0.340. The summed E-state index contributed by atoms with van der Waals surface area (Å²) in [5.74, 6) is -0.404. The molecule has 1 saturated carbocycles. The zero-order valence-corrected chi connectivity index (χ0v) is 23.2. The van der Waals surface area contributed by atoms with Crippen LogP contribution in [0.15, 0.2) is 23.1 Å². The molecule has 0 radical (unpaired) electrons. The van der Waals surface area contributed by atoms with Crippen molar-refractivity contribution in [1.29, 1.82) is 0 Å². The van der Waals surface area contributed by atoms with Crippen LogP contribution in [-0.4, -0.2) is 26.6 Å². The van der Waals surface area contributed by atoms with Crippen molar-refractivity contribution in [3.63, 3.8) is 0 Å². The van der Waals surface area contributed by atoms with Gasteiger partial charge in [-0.25, -0.2) is 4.39 Å². The average Bonchev–Trinajstić information content (AvgIpc) is 2.85. The summed E-state index contributed by atoms with van der Waals surface area (Å²) in [5, 5.41) is 3.79. The minimum Gasteiger partial charge on any atom is -0.380 e. The molecule has 0 aliphatic heterocycles. The Hall–Kier alpha value is -1.69. The third kappa shape index (κ3) is 6.41. The maximum Gasteiger partial charge on any atom is 0.325 e. The fourth-order valence-electron chi connectivity index (χ4n) is 6.05. The van der Waals surface area contributed by atoms with Crippen LogP contribution in [0, 0.1) is 5.82 Å². The Morgan fingerprint density at radius 2 is 1.75 bits per heavy atom. The van der Waals surface area contributed by atoms with E-state index in [0.717, 1.165) is 44.0 Å². The lowest BCUT2D eigenvalue weighted by Gasteiger charge is -2.34. The normalized spacial score (nSPS) is 15.7. The fraction of sp³-hybridized carbons (Fsp3) is 0.679. The van der Waals surface area contributed by atoms with Gasteiger partial charge in [-0.2, -0.15) is 0 Å². The van der Waals surface area contributed by atoms with Crippen molar-refractivity contribution in [3.05, 3.63) is 39.9 Å². The monoisotopic (exact) mass is 522 g/mol. The third-order valence-corrected chi connectivity index (χ3v) is 9.35. The molecule has 8 heteroatoms.